The Labute approximate surface area is 197 Å². The molecule has 0 radical (unpaired) electrons. The molecule has 1 N–H and O–H groups in total. The first-order valence-electron chi connectivity index (χ1n) is 10.2. The molecular formula is C24H24F2N2O5S. The minimum atomic E-state index is -3.85. The van der Waals surface area contributed by atoms with Gasteiger partial charge in [-0.25, -0.2) is 17.2 Å². The number of para-hydroxylation sites is 2. The fraction of sp³-hybridized carbons (Fsp3) is 0.208. The number of hydrogen-bond acceptors (Lipinski definition) is 5. The van der Waals surface area contributed by atoms with Crippen molar-refractivity contribution in [1.29, 1.82) is 0 Å². The van der Waals surface area contributed by atoms with E-state index in [-0.39, 0.29) is 31.3 Å². The van der Waals surface area contributed by atoms with Crippen LogP contribution >= 0.6 is 0 Å². The van der Waals surface area contributed by atoms with Crippen LogP contribution < -0.4 is 19.1 Å². The fourth-order valence-electron chi connectivity index (χ4n) is 3.16. The molecule has 0 aliphatic carbocycles. The maximum atomic E-state index is 14.2. The summed E-state index contributed by atoms with van der Waals surface area (Å²) < 4.78 is 63.5. The van der Waals surface area contributed by atoms with Crippen LogP contribution in [-0.2, 0) is 16.6 Å². The van der Waals surface area contributed by atoms with Crippen molar-refractivity contribution >= 4 is 21.6 Å². The molecule has 7 nitrogen and oxygen atoms in total. The molecule has 34 heavy (non-hydrogen) atoms. The van der Waals surface area contributed by atoms with Gasteiger partial charge in [0.2, 0.25) is 10.0 Å². The molecule has 0 fully saturated rings. The highest BCUT2D eigenvalue weighted by molar-refractivity contribution is 7.92. The Balaban J connectivity index is 1.60. The SMILES string of the molecule is COc1ccccc1OCCNC(=O)c1ccc(CN(c2ccc(F)cc2F)S(C)(=O)=O)cc1. The molecule has 0 saturated heterocycles. The zero-order valence-electron chi connectivity index (χ0n) is 18.6. The number of methoxy groups -OCH3 is 1. The zero-order chi connectivity index (χ0) is 24.7. The maximum Gasteiger partial charge on any atom is 0.251 e. The summed E-state index contributed by atoms with van der Waals surface area (Å²) in [6, 6.07) is 16.1. The number of carbonyl (C=O) groups is 1. The van der Waals surface area contributed by atoms with Crippen LogP contribution in [0.25, 0.3) is 0 Å². The van der Waals surface area contributed by atoms with Crippen molar-refractivity contribution in [3.63, 3.8) is 0 Å². The molecule has 0 unspecified atom stereocenters. The third-order valence-electron chi connectivity index (χ3n) is 4.84. The van der Waals surface area contributed by atoms with E-state index in [1.807, 2.05) is 12.1 Å². The Hall–Kier alpha value is -3.66. The summed E-state index contributed by atoms with van der Waals surface area (Å²) in [6.45, 7) is 0.303. The Morgan fingerprint density at radius 1 is 1.00 bits per heavy atom. The van der Waals surface area contributed by atoms with Gasteiger partial charge in [0.15, 0.2) is 11.5 Å². The summed E-state index contributed by atoms with van der Waals surface area (Å²) in [4.78, 5) is 12.4. The Morgan fingerprint density at radius 2 is 1.68 bits per heavy atom. The van der Waals surface area contributed by atoms with Crippen molar-refractivity contribution in [2.24, 2.45) is 0 Å². The average molecular weight is 491 g/mol. The minimum absolute atomic E-state index is 0.184. The van der Waals surface area contributed by atoms with E-state index in [2.05, 4.69) is 5.32 Å². The Kier molecular flexibility index (Phi) is 8.06. The number of ether oxygens (including phenoxy) is 2. The van der Waals surface area contributed by atoms with Crippen molar-refractivity contribution in [3.8, 4) is 11.5 Å². The Morgan fingerprint density at radius 3 is 2.29 bits per heavy atom. The summed E-state index contributed by atoms with van der Waals surface area (Å²) in [6.07, 6.45) is 0.935. The molecule has 0 heterocycles. The zero-order valence-corrected chi connectivity index (χ0v) is 19.4. The number of rotatable bonds is 10. The topological polar surface area (TPSA) is 84.9 Å². The lowest BCUT2D eigenvalue weighted by atomic mass is 10.1. The van der Waals surface area contributed by atoms with Gasteiger partial charge in [-0.3, -0.25) is 9.10 Å². The van der Waals surface area contributed by atoms with E-state index in [0.29, 0.717) is 28.7 Å². The Bertz CT molecular complexity index is 1250. The molecule has 3 aromatic carbocycles. The normalized spacial score (nSPS) is 11.1. The fourth-order valence-corrected chi connectivity index (χ4v) is 4.05. The van der Waals surface area contributed by atoms with Gasteiger partial charge >= 0.3 is 0 Å². The van der Waals surface area contributed by atoms with Crippen molar-refractivity contribution in [3.05, 3.63) is 89.5 Å². The van der Waals surface area contributed by atoms with Crippen molar-refractivity contribution in [2.45, 2.75) is 6.54 Å². The quantitative estimate of drug-likeness (QED) is 0.438. The van der Waals surface area contributed by atoms with Gasteiger partial charge in [-0.05, 0) is 42.0 Å². The molecule has 10 heteroatoms. The first kappa shape index (κ1) is 25.0. The summed E-state index contributed by atoms with van der Waals surface area (Å²) >= 11 is 0. The summed E-state index contributed by atoms with van der Waals surface area (Å²) in [7, 11) is -2.31. The van der Waals surface area contributed by atoms with Crippen LogP contribution in [0.15, 0.2) is 66.7 Å². The third kappa shape index (κ3) is 6.44. The van der Waals surface area contributed by atoms with Crippen LogP contribution in [0.3, 0.4) is 0 Å². The van der Waals surface area contributed by atoms with Crippen molar-refractivity contribution in [1.82, 2.24) is 5.32 Å². The number of anilines is 1. The lowest BCUT2D eigenvalue weighted by Gasteiger charge is -2.23. The molecule has 0 atom stereocenters. The standard InChI is InChI=1S/C24H24F2N2O5S/c1-32-22-5-3-4-6-23(22)33-14-13-27-24(29)18-9-7-17(8-10-18)16-28(34(2,30)31)21-12-11-19(25)15-20(21)26/h3-12,15H,13-14,16H2,1-2H3,(H,27,29). The number of sulfonamides is 1. The van der Waals surface area contributed by atoms with Crippen LogP contribution in [0.4, 0.5) is 14.5 Å². The largest absolute Gasteiger partial charge is 0.493 e. The van der Waals surface area contributed by atoms with E-state index in [1.165, 1.54) is 12.1 Å². The highest BCUT2D eigenvalue weighted by Gasteiger charge is 2.21. The van der Waals surface area contributed by atoms with Crippen LogP contribution in [0.1, 0.15) is 15.9 Å². The molecule has 0 bridgehead atoms. The lowest BCUT2D eigenvalue weighted by molar-refractivity contribution is 0.0946. The smallest absolute Gasteiger partial charge is 0.251 e. The second-order valence-corrected chi connectivity index (χ2v) is 9.22. The summed E-state index contributed by atoms with van der Waals surface area (Å²) in [5, 5.41) is 2.73. The molecule has 0 aliphatic rings. The van der Waals surface area contributed by atoms with E-state index in [4.69, 9.17) is 9.47 Å². The van der Waals surface area contributed by atoms with Gasteiger partial charge in [0.1, 0.15) is 18.2 Å². The number of nitrogens with one attached hydrogen (secondary N) is 1. The maximum absolute atomic E-state index is 14.2. The number of benzene rings is 3. The average Bonchev–Trinajstić information content (AvgIpc) is 2.80. The lowest BCUT2D eigenvalue weighted by Crippen LogP contribution is -2.30. The van der Waals surface area contributed by atoms with Crippen LogP contribution in [-0.4, -0.2) is 40.8 Å². The minimum Gasteiger partial charge on any atom is -0.493 e. The molecule has 0 aromatic heterocycles. The third-order valence-corrected chi connectivity index (χ3v) is 5.96. The number of hydrogen-bond donors (Lipinski definition) is 1. The van der Waals surface area contributed by atoms with E-state index >= 15 is 0 Å². The van der Waals surface area contributed by atoms with Gasteiger partial charge in [-0.1, -0.05) is 24.3 Å². The molecule has 1 amide bonds. The highest BCUT2D eigenvalue weighted by atomic mass is 32.2. The number of nitrogens with zero attached hydrogens (tertiary/aromatic N) is 1. The second-order valence-electron chi connectivity index (χ2n) is 7.32. The predicted molar refractivity (Wildman–Crippen MR) is 125 cm³/mol. The van der Waals surface area contributed by atoms with E-state index in [1.54, 1.807) is 31.4 Å². The summed E-state index contributed by atoms with van der Waals surface area (Å²) in [5.74, 6) is -0.973. The molecular weight excluding hydrogens is 466 g/mol. The molecule has 0 aliphatic heterocycles. The molecule has 0 saturated carbocycles. The van der Waals surface area contributed by atoms with Gasteiger partial charge in [-0.2, -0.15) is 0 Å². The van der Waals surface area contributed by atoms with E-state index in [0.717, 1.165) is 22.7 Å². The molecule has 180 valence electrons. The van der Waals surface area contributed by atoms with Crippen LogP contribution in [0, 0.1) is 11.6 Å². The van der Waals surface area contributed by atoms with Gasteiger partial charge in [0.05, 0.1) is 32.1 Å². The number of halogens is 2. The van der Waals surface area contributed by atoms with Crippen molar-refractivity contribution in [2.75, 3.05) is 30.8 Å². The molecule has 3 aromatic rings. The van der Waals surface area contributed by atoms with Gasteiger partial charge in [0, 0.05) is 11.6 Å². The highest BCUT2D eigenvalue weighted by Crippen LogP contribution is 2.26. The summed E-state index contributed by atoms with van der Waals surface area (Å²) in [5.41, 5.74) is 0.617. The monoisotopic (exact) mass is 490 g/mol. The van der Waals surface area contributed by atoms with Gasteiger partial charge in [-0.15, -0.1) is 0 Å². The number of carbonyl (C=O) groups excluding carboxylic acids is 1. The van der Waals surface area contributed by atoms with E-state index < -0.39 is 21.7 Å². The first-order chi connectivity index (χ1) is 16.2. The van der Waals surface area contributed by atoms with Gasteiger partial charge < -0.3 is 14.8 Å². The van der Waals surface area contributed by atoms with E-state index in [9.17, 15) is 22.0 Å². The second kappa shape index (κ2) is 11.0. The van der Waals surface area contributed by atoms with Crippen LogP contribution in [0.5, 0.6) is 11.5 Å². The van der Waals surface area contributed by atoms with Gasteiger partial charge in [0.25, 0.3) is 5.91 Å². The van der Waals surface area contributed by atoms with Crippen molar-refractivity contribution < 1.29 is 31.5 Å². The molecule has 0 spiro atoms. The number of amides is 1. The predicted octanol–water partition coefficient (Wildman–Crippen LogP) is 3.75. The first-order valence-corrected chi connectivity index (χ1v) is 12.1. The molecule has 3 rings (SSSR count). The van der Waals surface area contributed by atoms with Crippen LogP contribution in [0.2, 0.25) is 0 Å².